The van der Waals surface area contributed by atoms with Gasteiger partial charge >= 0.3 is 0 Å². The minimum Gasteiger partial charge on any atom is -0.489 e. The minimum atomic E-state index is -0.160. The summed E-state index contributed by atoms with van der Waals surface area (Å²) in [5.41, 5.74) is 7.24. The molecule has 4 rings (SSSR count). The number of benzene rings is 1. The Morgan fingerprint density at radius 2 is 1.78 bits per heavy atom. The van der Waals surface area contributed by atoms with Crippen LogP contribution >= 0.6 is 0 Å². The molecule has 0 saturated heterocycles. The molecule has 0 radical (unpaired) electrons. The van der Waals surface area contributed by atoms with Crippen molar-refractivity contribution >= 4 is 5.91 Å². The van der Waals surface area contributed by atoms with Crippen LogP contribution < -0.4 is 15.8 Å². The van der Waals surface area contributed by atoms with E-state index in [1.54, 1.807) is 0 Å². The number of halogens is 1. The lowest BCUT2D eigenvalue weighted by molar-refractivity contribution is -0.138. The SMILES string of the molecule is CC(C)NC(=O)C12CCC(c3ccc(OC/C(=C/F)CN)cc3)(CC1)CC2. The van der Waals surface area contributed by atoms with Crippen LogP contribution in [0, 0.1) is 5.41 Å². The van der Waals surface area contributed by atoms with Gasteiger partial charge in [-0.15, -0.1) is 0 Å². The molecule has 27 heavy (non-hydrogen) atoms. The van der Waals surface area contributed by atoms with Gasteiger partial charge in [-0.2, -0.15) is 0 Å². The third-order valence-electron chi connectivity index (χ3n) is 6.46. The summed E-state index contributed by atoms with van der Waals surface area (Å²) in [5, 5.41) is 3.13. The van der Waals surface area contributed by atoms with Crippen LogP contribution in [-0.4, -0.2) is 25.1 Å². The van der Waals surface area contributed by atoms with E-state index in [-0.39, 0.29) is 35.9 Å². The second kappa shape index (κ2) is 8.01. The standard InChI is InChI=1S/C22H31FN2O2/c1-16(2)25-20(26)22-10-7-21(8-11-22,9-12-22)18-3-5-19(6-4-18)27-15-17(13-23)14-24/h3-6,13,16H,7-12,14-15,24H2,1-2H3,(H,25,26)/b17-13+. The lowest BCUT2D eigenvalue weighted by atomic mass is 9.51. The van der Waals surface area contributed by atoms with Crippen molar-refractivity contribution in [1.29, 1.82) is 0 Å². The first-order chi connectivity index (χ1) is 12.9. The topological polar surface area (TPSA) is 64.3 Å². The molecule has 0 aliphatic heterocycles. The Kier molecular flexibility index (Phi) is 5.89. The van der Waals surface area contributed by atoms with Gasteiger partial charge in [0.2, 0.25) is 5.91 Å². The van der Waals surface area contributed by atoms with Gasteiger partial charge in [-0.3, -0.25) is 4.79 Å². The zero-order valence-electron chi connectivity index (χ0n) is 16.4. The summed E-state index contributed by atoms with van der Waals surface area (Å²) < 4.78 is 18.2. The molecule has 2 bridgehead atoms. The summed E-state index contributed by atoms with van der Waals surface area (Å²) in [4.78, 5) is 12.7. The van der Waals surface area contributed by atoms with E-state index in [4.69, 9.17) is 10.5 Å². The summed E-state index contributed by atoms with van der Waals surface area (Å²) in [6.45, 7) is 4.37. The molecule has 4 nitrogen and oxygen atoms in total. The largest absolute Gasteiger partial charge is 0.489 e. The summed E-state index contributed by atoms with van der Waals surface area (Å²) >= 11 is 0. The molecule has 0 aromatic heterocycles. The second-order valence-corrected chi connectivity index (χ2v) is 8.47. The molecule has 0 heterocycles. The molecule has 0 spiro atoms. The summed E-state index contributed by atoms with van der Waals surface area (Å²) in [5.74, 6) is 0.964. The summed E-state index contributed by atoms with van der Waals surface area (Å²) in [7, 11) is 0. The second-order valence-electron chi connectivity index (χ2n) is 8.47. The molecule has 3 fully saturated rings. The fraction of sp³-hybridized carbons (Fsp3) is 0.591. The summed E-state index contributed by atoms with van der Waals surface area (Å²) in [6, 6.07) is 8.36. The number of nitrogens with two attached hydrogens (primary N) is 1. The maximum Gasteiger partial charge on any atom is 0.226 e. The molecule has 1 amide bonds. The van der Waals surface area contributed by atoms with Crippen LogP contribution in [0.15, 0.2) is 36.2 Å². The maximum absolute atomic E-state index is 12.7. The van der Waals surface area contributed by atoms with Crippen molar-refractivity contribution < 1.29 is 13.9 Å². The van der Waals surface area contributed by atoms with E-state index in [1.165, 1.54) is 5.56 Å². The fourth-order valence-electron chi connectivity index (χ4n) is 4.59. The Morgan fingerprint density at radius 3 is 2.26 bits per heavy atom. The van der Waals surface area contributed by atoms with Crippen molar-refractivity contribution in [2.45, 2.75) is 63.8 Å². The van der Waals surface area contributed by atoms with E-state index >= 15 is 0 Å². The third kappa shape index (κ3) is 4.03. The van der Waals surface area contributed by atoms with Gasteiger partial charge in [0.25, 0.3) is 0 Å². The number of nitrogens with one attached hydrogen (secondary N) is 1. The van der Waals surface area contributed by atoms with Gasteiger partial charge < -0.3 is 15.8 Å². The van der Waals surface area contributed by atoms with Crippen LogP contribution in [-0.2, 0) is 10.2 Å². The van der Waals surface area contributed by atoms with Crippen molar-refractivity contribution in [2.24, 2.45) is 11.1 Å². The highest BCUT2D eigenvalue weighted by Crippen LogP contribution is 2.57. The predicted octanol–water partition coefficient (Wildman–Crippen LogP) is 3.99. The van der Waals surface area contributed by atoms with Gasteiger partial charge in [0.05, 0.1) is 6.33 Å². The number of amides is 1. The van der Waals surface area contributed by atoms with Gasteiger partial charge in [0, 0.05) is 23.6 Å². The predicted molar refractivity (Wildman–Crippen MR) is 105 cm³/mol. The third-order valence-corrected chi connectivity index (χ3v) is 6.46. The molecule has 3 saturated carbocycles. The lowest BCUT2D eigenvalue weighted by Crippen LogP contribution is -2.52. The lowest BCUT2D eigenvalue weighted by Gasteiger charge is -2.53. The molecule has 0 unspecified atom stereocenters. The number of ether oxygens (including phenoxy) is 1. The van der Waals surface area contributed by atoms with E-state index in [1.807, 2.05) is 26.0 Å². The van der Waals surface area contributed by atoms with Crippen molar-refractivity contribution in [1.82, 2.24) is 5.32 Å². The van der Waals surface area contributed by atoms with E-state index in [2.05, 4.69) is 17.4 Å². The molecular weight excluding hydrogens is 343 g/mol. The maximum atomic E-state index is 12.7. The van der Waals surface area contributed by atoms with E-state index < -0.39 is 0 Å². The van der Waals surface area contributed by atoms with Gasteiger partial charge in [-0.25, -0.2) is 4.39 Å². The Bertz CT molecular complexity index is 672. The van der Waals surface area contributed by atoms with Gasteiger partial charge in [0.15, 0.2) is 0 Å². The first-order valence-electron chi connectivity index (χ1n) is 9.96. The molecule has 5 heteroatoms. The van der Waals surface area contributed by atoms with Crippen molar-refractivity contribution in [3.63, 3.8) is 0 Å². The Hall–Kier alpha value is -1.88. The van der Waals surface area contributed by atoms with Gasteiger partial charge in [-0.05, 0) is 75.5 Å². The van der Waals surface area contributed by atoms with E-state index in [9.17, 15) is 9.18 Å². The van der Waals surface area contributed by atoms with Crippen LogP contribution in [0.25, 0.3) is 0 Å². The van der Waals surface area contributed by atoms with Crippen LogP contribution in [0.3, 0.4) is 0 Å². The highest BCUT2D eigenvalue weighted by Gasteiger charge is 2.52. The smallest absolute Gasteiger partial charge is 0.226 e. The number of fused-ring (bicyclic) bond motifs is 3. The number of hydrogen-bond acceptors (Lipinski definition) is 3. The first kappa shape index (κ1) is 19.9. The fourth-order valence-corrected chi connectivity index (χ4v) is 4.59. The molecule has 148 valence electrons. The Morgan fingerprint density at radius 1 is 1.19 bits per heavy atom. The van der Waals surface area contributed by atoms with Crippen molar-refractivity contribution in [3.8, 4) is 5.75 Å². The zero-order valence-corrected chi connectivity index (χ0v) is 16.4. The van der Waals surface area contributed by atoms with E-state index in [0.29, 0.717) is 11.9 Å². The van der Waals surface area contributed by atoms with E-state index in [0.717, 1.165) is 44.3 Å². The van der Waals surface area contributed by atoms with Crippen LogP contribution in [0.2, 0.25) is 0 Å². The van der Waals surface area contributed by atoms with Crippen LogP contribution in [0.1, 0.15) is 57.9 Å². The summed E-state index contributed by atoms with van der Waals surface area (Å²) in [6.07, 6.45) is 6.57. The quantitative estimate of drug-likeness (QED) is 0.758. The monoisotopic (exact) mass is 374 g/mol. The van der Waals surface area contributed by atoms with Gasteiger partial charge in [0.1, 0.15) is 12.4 Å². The normalized spacial score (nSPS) is 27.7. The minimum absolute atomic E-state index is 0.157. The first-order valence-corrected chi connectivity index (χ1v) is 9.96. The molecule has 1 aromatic rings. The Balaban J connectivity index is 1.64. The van der Waals surface area contributed by atoms with Gasteiger partial charge in [-0.1, -0.05) is 12.1 Å². The Labute approximate surface area is 161 Å². The van der Waals surface area contributed by atoms with Crippen molar-refractivity contribution in [2.75, 3.05) is 13.2 Å². The molecular formula is C22H31FN2O2. The zero-order chi connectivity index (χ0) is 19.5. The molecule has 1 aromatic carbocycles. The van der Waals surface area contributed by atoms with Crippen LogP contribution in [0.5, 0.6) is 5.75 Å². The number of hydrogen-bond donors (Lipinski definition) is 2. The molecule has 3 aliphatic carbocycles. The number of carbonyl (C=O) groups is 1. The highest BCUT2D eigenvalue weighted by atomic mass is 19.1. The average Bonchev–Trinajstić information content (AvgIpc) is 2.70. The molecule has 3 N–H and O–H groups in total. The van der Waals surface area contributed by atoms with Crippen molar-refractivity contribution in [3.05, 3.63) is 41.7 Å². The number of rotatable bonds is 7. The van der Waals surface area contributed by atoms with Crippen LogP contribution in [0.4, 0.5) is 4.39 Å². The average molecular weight is 375 g/mol. The highest BCUT2D eigenvalue weighted by molar-refractivity contribution is 5.83. The number of carbonyl (C=O) groups excluding carboxylic acids is 1. The molecule has 0 atom stereocenters. The molecule has 3 aliphatic rings.